The maximum Gasteiger partial charge on any atom is 0.143 e. The van der Waals surface area contributed by atoms with Crippen LogP contribution in [0.4, 0.5) is 17.1 Å². The third-order valence-corrected chi connectivity index (χ3v) is 11.0. The lowest BCUT2D eigenvalue weighted by Crippen LogP contribution is -2.11. The Kier molecular flexibility index (Phi) is 7.17. The Morgan fingerprint density at radius 2 is 0.964 bits per heavy atom. The van der Waals surface area contributed by atoms with Gasteiger partial charge in [-0.1, -0.05) is 146 Å². The second-order valence-corrected chi connectivity index (χ2v) is 14.1. The van der Waals surface area contributed by atoms with E-state index in [9.17, 15) is 0 Å². The highest BCUT2D eigenvalue weighted by molar-refractivity contribution is 6.11. The van der Waals surface area contributed by atoms with Gasteiger partial charge in [0.05, 0.1) is 16.7 Å². The van der Waals surface area contributed by atoms with Gasteiger partial charge in [-0.2, -0.15) is 0 Å². The first-order valence-electron chi connectivity index (χ1n) is 18.8. The average Bonchev–Trinajstić information content (AvgIpc) is 3.80. The maximum absolute atomic E-state index is 6.61. The first-order chi connectivity index (χ1) is 27.3. The van der Waals surface area contributed by atoms with Crippen molar-refractivity contribution in [2.75, 3.05) is 4.90 Å². The molecule has 258 valence electrons. The molecule has 0 spiro atoms. The summed E-state index contributed by atoms with van der Waals surface area (Å²) in [4.78, 5) is 2.39. The summed E-state index contributed by atoms with van der Waals surface area (Å²) in [6.45, 7) is 0. The maximum atomic E-state index is 6.61. The molecule has 3 nitrogen and oxygen atoms in total. The van der Waals surface area contributed by atoms with E-state index in [1.54, 1.807) is 0 Å². The van der Waals surface area contributed by atoms with Crippen LogP contribution in [0.15, 0.2) is 211 Å². The molecule has 0 N–H and O–H groups in total. The second kappa shape index (κ2) is 12.6. The van der Waals surface area contributed by atoms with Crippen LogP contribution < -0.4 is 4.90 Å². The van der Waals surface area contributed by atoms with Crippen molar-refractivity contribution >= 4 is 71.6 Å². The molecule has 0 saturated carbocycles. The summed E-state index contributed by atoms with van der Waals surface area (Å²) in [6.07, 6.45) is 0. The predicted molar refractivity (Wildman–Crippen MR) is 231 cm³/mol. The Balaban J connectivity index is 1.12. The van der Waals surface area contributed by atoms with Gasteiger partial charge in [-0.05, 0) is 82.6 Å². The lowest BCUT2D eigenvalue weighted by Gasteiger charge is -2.28. The fourth-order valence-electron chi connectivity index (χ4n) is 8.52. The number of para-hydroxylation sites is 5. The Bertz CT molecular complexity index is 3160. The van der Waals surface area contributed by atoms with Crippen LogP contribution in [0.2, 0.25) is 0 Å². The van der Waals surface area contributed by atoms with Crippen LogP contribution in [-0.2, 0) is 0 Å². The van der Waals surface area contributed by atoms with E-state index in [4.69, 9.17) is 4.42 Å². The zero-order valence-electron chi connectivity index (χ0n) is 29.9. The standard InChI is InChI=1S/C52H34N2O/c1-2-18-40-35(14-1)15-12-23-41(40)36-16-11-17-39(34-36)53(37-30-32-38(33-31-37)54-49-27-8-3-19-42(49)43-20-4-9-28-50(43)54)48-26-7-5-21-44(48)46-24-13-25-47-45-22-6-10-29-51(45)55-52(46)47/h1-34H. The van der Waals surface area contributed by atoms with E-state index in [0.717, 1.165) is 61.4 Å². The molecule has 11 aromatic rings. The summed E-state index contributed by atoms with van der Waals surface area (Å²) in [6, 6.07) is 73.9. The molecule has 0 amide bonds. The lowest BCUT2D eigenvalue weighted by molar-refractivity contribution is 0.670. The molecule has 0 unspecified atom stereocenters. The Labute approximate surface area is 318 Å². The third-order valence-electron chi connectivity index (χ3n) is 11.0. The number of hydrogen-bond acceptors (Lipinski definition) is 2. The Morgan fingerprint density at radius 3 is 1.78 bits per heavy atom. The molecule has 0 aliphatic rings. The van der Waals surface area contributed by atoms with Crippen molar-refractivity contribution in [3.63, 3.8) is 0 Å². The summed E-state index contributed by atoms with van der Waals surface area (Å²) in [5.41, 5.74) is 13.0. The van der Waals surface area contributed by atoms with Gasteiger partial charge in [0.2, 0.25) is 0 Å². The highest BCUT2D eigenvalue weighted by atomic mass is 16.3. The lowest BCUT2D eigenvalue weighted by atomic mass is 9.97. The monoisotopic (exact) mass is 702 g/mol. The number of furan rings is 1. The van der Waals surface area contributed by atoms with E-state index in [-0.39, 0.29) is 0 Å². The number of benzene rings is 9. The number of hydrogen-bond donors (Lipinski definition) is 0. The van der Waals surface area contributed by atoms with E-state index in [0.29, 0.717) is 0 Å². The van der Waals surface area contributed by atoms with Crippen LogP contribution in [0.25, 0.3) is 82.5 Å². The van der Waals surface area contributed by atoms with Gasteiger partial charge in [0, 0.05) is 49.7 Å². The molecule has 0 aliphatic carbocycles. The van der Waals surface area contributed by atoms with E-state index in [1.165, 1.54) is 38.1 Å². The molecule has 0 bridgehead atoms. The van der Waals surface area contributed by atoms with E-state index in [1.807, 2.05) is 6.07 Å². The van der Waals surface area contributed by atoms with E-state index >= 15 is 0 Å². The molecule has 0 aliphatic heterocycles. The number of aromatic nitrogens is 1. The molecule has 0 atom stereocenters. The quantitative estimate of drug-likeness (QED) is 0.172. The van der Waals surface area contributed by atoms with Crippen molar-refractivity contribution in [1.29, 1.82) is 0 Å². The van der Waals surface area contributed by atoms with Crippen LogP contribution in [0.1, 0.15) is 0 Å². The van der Waals surface area contributed by atoms with Crippen molar-refractivity contribution < 1.29 is 4.42 Å². The zero-order chi connectivity index (χ0) is 36.3. The molecule has 0 saturated heterocycles. The molecule has 0 radical (unpaired) electrons. The van der Waals surface area contributed by atoms with E-state index < -0.39 is 0 Å². The minimum absolute atomic E-state index is 0.891. The summed E-state index contributed by atoms with van der Waals surface area (Å²) in [5.74, 6) is 0. The Hall–Kier alpha value is -7.36. The van der Waals surface area contributed by atoms with Gasteiger partial charge in [0.25, 0.3) is 0 Å². The fourth-order valence-corrected chi connectivity index (χ4v) is 8.52. The molecule has 3 heteroatoms. The summed E-state index contributed by atoms with van der Waals surface area (Å²) >= 11 is 0. The second-order valence-electron chi connectivity index (χ2n) is 14.1. The molecular formula is C52H34N2O. The molecule has 9 aromatic carbocycles. The first kappa shape index (κ1) is 31.2. The first-order valence-corrected chi connectivity index (χ1v) is 18.8. The fraction of sp³-hybridized carbons (Fsp3) is 0. The highest BCUT2D eigenvalue weighted by Crippen LogP contribution is 2.45. The minimum Gasteiger partial charge on any atom is -0.455 e. The van der Waals surface area contributed by atoms with Crippen molar-refractivity contribution in [3.8, 4) is 27.9 Å². The molecule has 55 heavy (non-hydrogen) atoms. The van der Waals surface area contributed by atoms with Crippen molar-refractivity contribution in [2.24, 2.45) is 0 Å². The normalized spacial score (nSPS) is 11.6. The van der Waals surface area contributed by atoms with Crippen LogP contribution >= 0.6 is 0 Å². The van der Waals surface area contributed by atoms with Crippen LogP contribution in [0.5, 0.6) is 0 Å². The molecule has 11 rings (SSSR count). The topological polar surface area (TPSA) is 21.3 Å². The molecule has 2 heterocycles. The third kappa shape index (κ3) is 5.05. The van der Waals surface area contributed by atoms with Gasteiger partial charge in [-0.15, -0.1) is 0 Å². The van der Waals surface area contributed by atoms with Crippen molar-refractivity contribution in [1.82, 2.24) is 4.57 Å². The van der Waals surface area contributed by atoms with Crippen molar-refractivity contribution in [2.45, 2.75) is 0 Å². The molecule has 2 aromatic heterocycles. The van der Waals surface area contributed by atoms with Gasteiger partial charge in [0.1, 0.15) is 11.2 Å². The number of fused-ring (bicyclic) bond motifs is 7. The van der Waals surface area contributed by atoms with Crippen LogP contribution in [0.3, 0.4) is 0 Å². The van der Waals surface area contributed by atoms with Crippen molar-refractivity contribution in [3.05, 3.63) is 206 Å². The number of anilines is 3. The van der Waals surface area contributed by atoms with Crippen LogP contribution in [0, 0.1) is 0 Å². The van der Waals surface area contributed by atoms with Gasteiger partial charge < -0.3 is 13.9 Å². The van der Waals surface area contributed by atoms with Gasteiger partial charge >= 0.3 is 0 Å². The number of nitrogens with zero attached hydrogens (tertiary/aromatic N) is 2. The minimum atomic E-state index is 0.891. The van der Waals surface area contributed by atoms with Gasteiger partial charge in [0.15, 0.2) is 0 Å². The predicted octanol–water partition coefficient (Wildman–Crippen LogP) is 14.6. The highest BCUT2D eigenvalue weighted by Gasteiger charge is 2.21. The zero-order valence-corrected chi connectivity index (χ0v) is 29.9. The molecule has 0 fully saturated rings. The smallest absolute Gasteiger partial charge is 0.143 e. The SMILES string of the molecule is c1cc(-c2cccc3ccccc23)cc(N(c2ccc(-n3c4ccccc4c4ccccc43)cc2)c2ccccc2-c2cccc3c2oc2ccccc23)c1. The van der Waals surface area contributed by atoms with Gasteiger partial charge in [-0.3, -0.25) is 0 Å². The van der Waals surface area contributed by atoms with E-state index in [2.05, 4.69) is 210 Å². The number of rotatable bonds is 6. The largest absolute Gasteiger partial charge is 0.455 e. The summed E-state index contributed by atoms with van der Waals surface area (Å²) < 4.78 is 8.98. The van der Waals surface area contributed by atoms with Gasteiger partial charge in [-0.25, -0.2) is 0 Å². The van der Waals surface area contributed by atoms with Crippen LogP contribution in [-0.4, -0.2) is 4.57 Å². The average molecular weight is 703 g/mol. The summed E-state index contributed by atoms with van der Waals surface area (Å²) in [5, 5.41) is 7.21. The summed E-state index contributed by atoms with van der Waals surface area (Å²) in [7, 11) is 0. The Morgan fingerprint density at radius 1 is 0.382 bits per heavy atom. The molecular weight excluding hydrogens is 669 g/mol.